The van der Waals surface area contributed by atoms with E-state index in [4.69, 9.17) is 27.9 Å². The molecule has 1 aromatic rings. The normalized spacial score (nSPS) is 24.4. The van der Waals surface area contributed by atoms with Crippen LogP contribution in [0.15, 0.2) is 41.7 Å². The first-order valence-corrected chi connectivity index (χ1v) is 5.84. The summed E-state index contributed by atoms with van der Waals surface area (Å²) >= 11 is 11.3. The van der Waals surface area contributed by atoms with Crippen LogP contribution in [0.2, 0.25) is 0 Å². The molecular weight excluding hydrogens is 263 g/mol. The predicted octanol–water partition coefficient (Wildman–Crippen LogP) is 3.07. The highest BCUT2D eigenvalue weighted by Gasteiger charge is 2.47. The van der Waals surface area contributed by atoms with Gasteiger partial charge in [0.2, 0.25) is 0 Å². The lowest BCUT2D eigenvalue weighted by Gasteiger charge is -2.23. The predicted molar refractivity (Wildman–Crippen MR) is 65.0 cm³/mol. The quantitative estimate of drug-likeness (QED) is 0.665. The summed E-state index contributed by atoms with van der Waals surface area (Å²) in [5.41, 5.74) is -0.648. The zero-order valence-corrected chi connectivity index (χ0v) is 10.5. The lowest BCUT2D eigenvalue weighted by atomic mass is 9.93. The van der Waals surface area contributed by atoms with Gasteiger partial charge >= 0.3 is 5.97 Å². The number of halogens is 2. The molecule has 0 spiro atoms. The number of alkyl halides is 2. The number of aliphatic hydroxyl groups excluding tert-OH is 1. The summed E-state index contributed by atoms with van der Waals surface area (Å²) in [6.07, 6.45) is 0. The minimum absolute atomic E-state index is 0.0975. The fourth-order valence-electron chi connectivity index (χ4n) is 1.79. The number of ether oxygens (including phenoxy) is 1. The van der Waals surface area contributed by atoms with E-state index in [1.54, 1.807) is 31.2 Å². The largest absolute Gasteiger partial charge is 0.507 e. The van der Waals surface area contributed by atoms with Gasteiger partial charge in [-0.1, -0.05) is 53.5 Å². The second kappa shape index (κ2) is 4.24. The van der Waals surface area contributed by atoms with E-state index >= 15 is 0 Å². The number of carbonyl (C=O) groups excluding carboxylic acids is 1. The van der Waals surface area contributed by atoms with Crippen LogP contribution in [0.1, 0.15) is 12.5 Å². The molecule has 0 radical (unpaired) electrons. The molecule has 3 nitrogen and oxygen atoms in total. The Morgan fingerprint density at radius 3 is 2.35 bits per heavy atom. The lowest BCUT2D eigenvalue weighted by molar-refractivity contribution is -0.147. The number of carbonyl (C=O) groups is 1. The molecule has 90 valence electrons. The van der Waals surface area contributed by atoms with Gasteiger partial charge in [0.05, 0.1) is 0 Å². The molecule has 1 aromatic carbocycles. The van der Waals surface area contributed by atoms with E-state index in [2.05, 4.69) is 0 Å². The molecule has 17 heavy (non-hydrogen) atoms. The third-order valence-corrected chi connectivity index (χ3v) is 3.20. The fraction of sp³-hybridized carbons (Fsp3) is 0.250. The zero-order valence-electron chi connectivity index (χ0n) is 8.98. The number of cyclic esters (lactones) is 1. The van der Waals surface area contributed by atoms with Crippen molar-refractivity contribution in [2.75, 3.05) is 0 Å². The van der Waals surface area contributed by atoms with E-state index < -0.39 is 16.4 Å². The Morgan fingerprint density at radius 2 is 1.88 bits per heavy atom. The molecule has 0 saturated carbocycles. The Balaban J connectivity index is 2.52. The zero-order chi connectivity index (χ0) is 12.6. The lowest BCUT2D eigenvalue weighted by Crippen LogP contribution is -2.25. The number of aliphatic hydroxyl groups is 1. The number of hydrogen-bond donors (Lipinski definition) is 1. The van der Waals surface area contributed by atoms with Crippen LogP contribution in [0.25, 0.3) is 0 Å². The molecule has 1 aliphatic rings. The van der Waals surface area contributed by atoms with Gasteiger partial charge in [-0.2, -0.15) is 0 Å². The second-order valence-corrected chi connectivity index (χ2v) is 4.95. The van der Waals surface area contributed by atoms with Gasteiger partial charge in [0, 0.05) is 5.56 Å². The SMILES string of the molecule is CC1(c2ccccc2)OC(=O)C(C(Cl)Cl)=C1O. The molecule has 0 amide bonds. The maximum absolute atomic E-state index is 11.6. The van der Waals surface area contributed by atoms with E-state index in [0.717, 1.165) is 0 Å². The van der Waals surface area contributed by atoms with Crippen LogP contribution in [-0.4, -0.2) is 15.9 Å². The Kier molecular flexibility index (Phi) is 3.06. The van der Waals surface area contributed by atoms with Gasteiger partial charge in [0.1, 0.15) is 10.4 Å². The molecule has 0 aromatic heterocycles. The average molecular weight is 273 g/mol. The van der Waals surface area contributed by atoms with Crippen molar-refractivity contribution in [1.29, 1.82) is 0 Å². The standard InChI is InChI=1S/C12H10Cl2O3/c1-12(7-5-3-2-4-6-7)9(15)8(10(13)14)11(16)17-12/h2-6,10,15H,1H3. The maximum atomic E-state index is 11.6. The smallest absolute Gasteiger partial charge is 0.341 e. The molecule has 0 aliphatic carbocycles. The van der Waals surface area contributed by atoms with Crippen molar-refractivity contribution in [1.82, 2.24) is 0 Å². The van der Waals surface area contributed by atoms with Crippen molar-refractivity contribution < 1.29 is 14.6 Å². The van der Waals surface area contributed by atoms with Crippen LogP contribution < -0.4 is 0 Å². The number of esters is 1. The molecule has 1 heterocycles. The maximum Gasteiger partial charge on any atom is 0.341 e. The molecule has 1 N–H and O–H groups in total. The summed E-state index contributed by atoms with van der Waals surface area (Å²) < 4.78 is 5.19. The minimum atomic E-state index is -1.21. The van der Waals surface area contributed by atoms with E-state index in [0.29, 0.717) is 5.56 Å². The molecule has 1 aliphatic heterocycles. The van der Waals surface area contributed by atoms with E-state index in [1.165, 1.54) is 0 Å². The van der Waals surface area contributed by atoms with Crippen molar-refractivity contribution in [3.05, 3.63) is 47.2 Å². The van der Waals surface area contributed by atoms with Crippen LogP contribution >= 0.6 is 23.2 Å². The monoisotopic (exact) mass is 272 g/mol. The van der Waals surface area contributed by atoms with Crippen molar-refractivity contribution >= 4 is 29.2 Å². The third kappa shape index (κ3) is 1.90. The molecule has 0 saturated heterocycles. The van der Waals surface area contributed by atoms with Crippen LogP contribution in [0.5, 0.6) is 0 Å². The minimum Gasteiger partial charge on any atom is -0.507 e. The summed E-state index contributed by atoms with van der Waals surface area (Å²) in [5.74, 6) is -0.924. The number of hydrogen-bond acceptors (Lipinski definition) is 3. The Hall–Kier alpha value is -1.19. The average Bonchev–Trinajstić information content (AvgIpc) is 2.52. The third-order valence-electron chi connectivity index (χ3n) is 2.77. The second-order valence-electron chi connectivity index (χ2n) is 3.85. The number of rotatable bonds is 2. The molecule has 0 bridgehead atoms. The highest BCUT2D eigenvalue weighted by Crippen LogP contribution is 2.41. The summed E-state index contributed by atoms with van der Waals surface area (Å²) in [4.78, 5) is 10.5. The number of benzene rings is 1. The van der Waals surface area contributed by atoms with Gasteiger partial charge in [-0.25, -0.2) is 4.79 Å². The van der Waals surface area contributed by atoms with Crippen molar-refractivity contribution in [3.63, 3.8) is 0 Å². The first-order valence-electron chi connectivity index (χ1n) is 4.97. The van der Waals surface area contributed by atoms with Crippen molar-refractivity contribution in [2.45, 2.75) is 17.4 Å². The van der Waals surface area contributed by atoms with Gasteiger partial charge < -0.3 is 9.84 Å². The van der Waals surface area contributed by atoms with Crippen LogP contribution in [0.4, 0.5) is 0 Å². The van der Waals surface area contributed by atoms with E-state index in [-0.39, 0.29) is 11.3 Å². The molecule has 2 rings (SSSR count). The van der Waals surface area contributed by atoms with E-state index in [1.807, 2.05) is 6.07 Å². The molecule has 1 unspecified atom stereocenters. The first kappa shape index (κ1) is 12.3. The van der Waals surface area contributed by atoms with Crippen LogP contribution in [0.3, 0.4) is 0 Å². The van der Waals surface area contributed by atoms with Crippen molar-refractivity contribution in [2.24, 2.45) is 0 Å². The Bertz CT molecular complexity index is 482. The highest BCUT2D eigenvalue weighted by atomic mass is 35.5. The summed E-state index contributed by atoms with van der Waals surface area (Å²) in [5, 5.41) is 10.1. The summed E-state index contributed by atoms with van der Waals surface area (Å²) in [7, 11) is 0. The molecular formula is C12H10Cl2O3. The van der Waals surface area contributed by atoms with Gasteiger partial charge in [-0.05, 0) is 6.92 Å². The molecule has 0 fully saturated rings. The van der Waals surface area contributed by atoms with Gasteiger partial charge in [-0.15, -0.1) is 0 Å². The van der Waals surface area contributed by atoms with Crippen molar-refractivity contribution in [3.8, 4) is 0 Å². The fourth-order valence-corrected chi connectivity index (χ4v) is 2.17. The van der Waals surface area contributed by atoms with Crippen LogP contribution in [0, 0.1) is 0 Å². The topological polar surface area (TPSA) is 46.5 Å². The van der Waals surface area contributed by atoms with Gasteiger partial charge in [0.15, 0.2) is 11.4 Å². The van der Waals surface area contributed by atoms with Gasteiger partial charge in [0.25, 0.3) is 0 Å². The van der Waals surface area contributed by atoms with Gasteiger partial charge in [-0.3, -0.25) is 0 Å². The first-order chi connectivity index (χ1) is 7.97. The summed E-state index contributed by atoms with van der Waals surface area (Å²) in [6.45, 7) is 1.60. The molecule has 5 heteroatoms. The van der Waals surface area contributed by atoms with E-state index in [9.17, 15) is 9.90 Å². The summed E-state index contributed by atoms with van der Waals surface area (Å²) in [6, 6.07) is 8.92. The highest BCUT2D eigenvalue weighted by molar-refractivity contribution is 6.48. The Labute approximate surface area is 109 Å². The van der Waals surface area contributed by atoms with Crippen LogP contribution in [-0.2, 0) is 15.1 Å². The Morgan fingerprint density at radius 1 is 1.29 bits per heavy atom. The molecule has 1 atom stereocenters.